The molecule has 0 unspecified atom stereocenters. The van der Waals surface area contributed by atoms with Crippen LogP contribution in [0.15, 0.2) is 70.3 Å². The summed E-state index contributed by atoms with van der Waals surface area (Å²) in [6.45, 7) is 2.93. The Morgan fingerprint density at radius 3 is 2.52 bits per heavy atom. The molecular formula is C21H22N2O4S2. The zero-order valence-corrected chi connectivity index (χ0v) is 17.6. The average Bonchev–Trinajstić information content (AvgIpc) is 3.24. The first-order valence-corrected chi connectivity index (χ1v) is 11.5. The maximum Gasteiger partial charge on any atom is 0.271 e. The molecule has 1 aromatic heterocycles. The minimum absolute atomic E-state index is 0.112. The highest BCUT2D eigenvalue weighted by atomic mass is 32.2. The van der Waals surface area contributed by atoms with Gasteiger partial charge < -0.3 is 10.1 Å². The Balaban J connectivity index is 1.53. The minimum Gasteiger partial charge on any atom is -0.494 e. The van der Waals surface area contributed by atoms with Crippen LogP contribution >= 0.6 is 11.3 Å². The van der Waals surface area contributed by atoms with Crippen LogP contribution in [0, 0.1) is 0 Å². The molecule has 0 radical (unpaired) electrons. The SMILES string of the molecule is CCOc1cccc(CNC(=O)Cc2ccc(NS(=O)(=O)c3cccs3)cc2)c1. The van der Waals surface area contributed by atoms with Crippen LogP contribution in [0.25, 0.3) is 0 Å². The summed E-state index contributed by atoms with van der Waals surface area (Å²) < 4.78 is 32.7. The number of sulfonamides is 1. The summed E-state index contributed by atoms with van der Waals surface area (Å²) in [5.41, 5.74) is 2.21. The molecule has 0 aliphatic heterocycles. The number of nitrogens with one attached hydrogen (secondary N) is 2. The molecule has 6 nitrogen and oxygen atoms in total. The number of carbonyl (C=O) groups excluding carboxylic acids is 1. The van der Waals surface area contributed by atoms with Gasteiger partial charge in [0.2, 0.25) is 5.91 Å². The molecule has 0 aliphatic carbocycles. The molecule has 0 saturated carbocycles. The highest BCUT2D eigenvalue weighted by molar-refractivity contribution is 7.94. The summed E-state index contributed by atoms with van der Waals surface area (Å²) in [6, 6.07) is 17.6. The number of ether oxygens (including phenoxy) is 1. The van der Waals surface area contributed by atoms with E-state index in [1.165, 1.54) is 0 Å². The van der Waals surface area contributed by atoms with Crippen molar-refractivity contribution >= 4 is 33.0 Å². The summed E-state index contributed by atoms with van der Waals surface area (Å²) in [7, 11) is -3.57. The molecule has 0 fully saturated rings. The Kier molecular flexibility index (Phi) is 6.90. The highest BCUT2D eigenvalue weighted by Crippen LogP contribution is 2.20. The van der Waals surface area contributed by atoms with Crippen LogP contribution in [0.1, 0.15) is 18.1 Å². The van der Waals surface area contributed by atoms with E-state index in [-0.39, 0.29) is 16.5 Å². The predicted molar refractivity (Wildman–Crippen MR) is 115 cm³/mol. The van der Waals surface area contributed by atoms with Crippen LogP contribution < -0.4 is 14.8 Å². The molecule has 29 heavy (non-hydrogen) atoms. The summed E-state index contributed by atoms with van der Waals surface area (Å²) in [6.07, 6.45) is 0.211. The highest BCUT2D eigenvalue weighted by Gasteiger charge is 2.15. The number of rotatable bonds is 9. The van der Waals surface area contributed by atoms with Crippen LogP contribution in [0.5, 0.6) is 5.75 Å². The van der Waals surface area contributed by atoms with Gasteiger partial charge in [0.25, 0.3) is 10.0 Å². The first-order valence-electron chi connectivity index (χ1n) is 9.10. The van der Waals surface area contributed by atoms with Crippen molar-refractivity contribution in [2.45, 2.75) is 24.1 Å². The number of carbonyl (C=O) groups is 1. The van der Waals surface area contributed by atoms with E-state index in [1.807, 2.05) is 31.2 Å². The molecule has 3 rings (SSSR count). The van der Waals surface area contributed by atoms with E-state index in [9.17, 15) is 13.2 Å². The van der Waals surface area contributed by atoms with Crippen molar-refractivity contribution in [3.63, 3.8) is 0 Å². The fraction of sp³-hybridized carbons (Fsp3) is 0.190. The molecule has 0 aliphatic rings. The lowest BCUT2D eigenvalue weighted by atomic mass is 10.1. The number of anilines is 1. The van der Waals surface area contributed by atoms with Crippen LogP contribution in [0.2, 0.25) is 0 Å². The molecule has 1 heterocycles. The molecule has 0 atom stereocenters. The lowest BCUT2D eigenvalue weighted by molar-refractivity contribution is -0.120. The molecule has 0 bridgehead atoms. The van der Waals surface area contributed by atoms with E-state index < -0.39 is 10.0 Å². The Morgan fingerprint density at radius 1 is 1.03 bits per heavy atom. The Morgan fingerprint density at radius 2 is 1.83 bits per heavy atom. The van der Waals surface area contributed by atoms with E-state index in [1.54, 1.807) is 41.8 Å². The number of benzene rings is 2. The minimum atomic E-state index is -3.57. The topological polar surface area (TPSA) is 84.5 Å². The Bertz CT molecular complexity index is 1050. The fourth-order valence-electron chi connectivity index (χ4n) is 2.67. The van der Waals surface area contributed by atoms with Gasteiger partial charge in [0.1, 0.15) is 9.96 Å². The molecule has 3 aromatic rings. The predicted octanol–water partition coefficient (Wildman–Crippen LogP) is 3.81. The molecule has 2 aromatic carbocycles. The van der Waals surface area contributed by atoms with Gasteiger partial charge in [-0.05, 0) is 53.8 Å². The molecule has 8 heteroatoms. The summed E-state index contributed by atoms with van der Waals surface area (Å²) in [5, 5.41) is 4.60. The van der Waals surface area contributed by atoms with E-state index in [4.69, 9.17) is 4.74 Å². The number of thiophene rings is 1. The van der Waals surface area contributed by atoms with Crippen LogP contribution in [-0.2, 0) is 27.8 Å². The largest absolute Gasteiger partial charge is 0.494 e. The molecule has 152 valence electrons. The third kappa shape index (κ3) is 6.07. The van der Waals surface area contributed by atoms with Crippen molar-refractivity contribution < 1.29 is 17.9 Å². The first-order chi connectivity index (χ1) is 14.0. The van der Waals surface area contributed by atoms with Gasteiger partial charge in [-0.2, -0.15) is 0 Å². The van der Waals surface area contributed by atoms with Gasteiger partial charge in [-0.1, -0.05) is 30.3 Å². The zero-order chi connectivity index (χ0) is 20.7. The van der Waals surface area contributed by atoms with Gasteiger partial charge >= 0.3 is 0 Å². The monoisotopic (exact) mass is 430 g/mol. The standard InChI is InChI=1S/C21H22N2O4S2/c1-2-27-19-6-3-5-17(13-19)15-22-20(24)14-16-8-10-18(11-9-16)23-29(25,26)21-7-4-12-28-21/h3-13,23H,2,14-15H2,1H3,(H,22,24). The van der Waals surface area contributed by atoms with Gasteiger partial charge in [0.05, 0.1) is 13.0 Å². The summed E-state index contributed by atoms with van der Waals surface area (Å²) >= 11 is 1.16. The van der Waals surface area contributed by atoms with Crippen molar-refractivity contribution in [2.24, 2.45) is 0 Å². The molecule has 0 spiro atoms. The average molecular weight is 431 g/mol. The van der Waals surface area contributed by atoms with Gasteiger partial charge in [-0.3, -0.25) is 9.52 Å². The first kappa shape index (κ1) is 20.9. The van der Waals surface area contributed by atoms with Crippen molar-refractivity contribution in [2.75, 3.05) is 11.3 Å². The second kappa shape index (κ2) is 9.58. The van der Waals surface area contributed by atoms with Crippen molar-refractivity contribution in [1.29, 1.82) is 0 Å². The second-order valence-corrected chi connectivity index (χ2v) is 9.13. The summed E-state index contributed by atoms with van der Waals surface area (Å²) in [4.78, 5) is 12.2. The van der Waals surface area contributed by atoms with Crippen molar-refractivity contribution in [3.8, 4) is 5.75 Å². The van der Waals surface area contributed by atoms with E-state index in [2.05, 4.69) is 10.0 Å². The summed E-state index contributed by atoms with van der Waals surface area (Å²) in [5.74, 6) is 0.665. The van der Waals surface area contributed by atoms with Crippen molar-refractivity contribution in [1.82, 2.24) is 5.32 Å². The van der Waals surface area contributed by atoms with Crippen LogP contribution in [-0.4, -0.2) is 20.9 Å². The van der Waals surface area contributed by atoms with E-state index >= 15 is 0 Å². The molecule has 0 saturated heterocycles. The second-order valence-electron chi connectivity index (χ2n) is 6.27. The molecule has 1 amide bonds. The maximum atomic E-state index is 12.2. The Hall–Kier alpha value is -2.84. The van der Waals surface area contributed by atoms with Crippen LogP contribution in [0.4, 0.5) is 5.69 Å². The number of hydrogen-bond donors (Lipinski definition) is 2. The maximum absolute atomic E-state index is 12.2. The van der Waals surface area contributed by atoms with Gasteiger partial charge in [-0.25, -0.2) is 8.42 Å². The van der Waals surface area contributed by atoms with Crippen LogP contribution in [0.3, 0.4) is 0 Å². The molecular weight excluding hydrogens is 408 g/mol. The number of amides is 1. The smallest absolute Gasteiger partial charge is 0.271 e. The van der Waals surface area contributed by atoms with Gasteiger partial charge in [0, 0.05) is 12.2 Å². The Labute approximate surface area is 174 Å². The quantitative estimate of drug-likeness (QED) is 0.541. The fourth-order valence-corrected chi connectivity index (χ4v) is 4.72. The van der Waals surface area contributed by atoms with Gasteiger partial charge in [-0.15, -0.1) is 11.3 Å². The normalized spacial score (nSPS) is 11.1. The van der Waals surface area contributed by atoms with Gasteiger partial charge in [0.15, 0.2) is 0 Å². The third-order valence-electron chi connectivity index (χ3n) is 4.03. The van der Waals surface area contributed by atoms with E-state index in [0.29, 0.717) is 18.8 Å². The zero-order valence-electron chi connectivity index (χ0n) is 15.9. The number of hydrogen-bond acceptors (Lipinski definition) is 5. The lowest BCUT2D eigenvalue weighted by Crippen LogP contribution is -2.24. The lowest BCUT2D eigenvalue weighted by Gasteiger charge is -2.09. The molecule has 2 N–H and O–H groups in total. The van der Waals surface area contributed by atoms with Crippen molar-refractivity contribution in [3.05, 3.63) is 77.2 Å². The van der Waals surface area contributed by atoms with E-state index in [0.717, 1.165) is 28.2 Å². The third-order valence-corrected chi connectivity index (χ3v) is 6.81.